The average Bonchev–Trinajstić information content (AvgIpc) is 1.98. The molecule has 1 heterocycles. The van der Waals surface area contributed by atoms with Crippen LogP contribution < -0.4 is 0 Å². The van der Waals surface area contributed by atoms with Gasteiger partial charge in [0.2, 0.25) is 0 Å². The fourth-order valence-corrected chi connectivity index (χ4v) is 1.98. The Morgan fingerprint density at radius 1 is 1.29 bits per heavy atom. The van der Waals surface area contributed by atoms with Gasteiger partial charge in [-0.15, -0.1) is 0 Å². The molecule has 0 aromatic rings. The zero-order chi connectivity index (χ0) is 10.1. The molecule has 0 aromatic heterocycles. The molecule has 4 heteroatoms. The molecule has 2 rings (SSSR count). The van der Waals surface area contributed by atoms with E-state index in [2.05, 4.69) is 4.74 Å². The highest BCUT2D eigenvalue weighted by Crippen LogP contribution is 2.32. The SMILES string of the molecule is COC(=O)N1CCC1C(=O)C1CCC1. The van der Waals surface area contributed by atoms with E-state index in [4.69, 9.17) is 0 Å². The van der Waals surface area contributed by atoms with Gasteiger partial charge in [0, 0.05) is 12.5 Å². The van der Waals surface area contributed by atoms with E-state index < -0.39 is 0 Å². The van der Waals surface area contributed by atoms with Gasteiger partial charge < -0.3 is 4.74 Å². The highest BCUT2D eigenvalue weighted by molar-refractivity contribution is 5.91. The van der Waals surface area contributed by atoms with Crippen molar-refractivity contribution < 1.29 is 14.3 Å². The monoisotopic (exact) mass is 197 g/mol. The van der Waals surface area contributed by atoms with Crippen LogP contribution in [0.15, 0.2) is 0 Å². The summed E-state index contributed by atoms with van der Waals surface area (Å²) in [7, 11) is 1.35. The molecule has 1 atom stereocenters. The summed E-state index contributed by atoms with van der Waals surface area (Å²) in [4.78, 5) is 24.5. The number of Topliss-reactive ketones (excluding diaryl/α,β-unsaturated/α-hetero) is 1. The number of ether oxygens (including phenoxy) is 1. The van der Waals surface area contributed by atoms with Crippen molar-refractivity contribution in [2.45, 2.75) is 31.7 Å². The molecule has 1 saturated heterocycles. The Bertz CT molecular complexity index is 260. The molecule has 1 unspecified atom stereocenters. The molecule has 2 aliphatic rings. The average molecular weight is 197 g/mol. The standard InChI is InChI=1S/C10H15NO3/c1-14-10(13)11-6-5-8(11)9(12)7-3-2-4-7/h7-8H,2-6H2,1H3. The zero-order valence-electron chi connectivity index (χ0n) is 8.36. The first-order chi connectivity index (χ1) is 6.74. The van der Waals surface area contributed by atoms with Crippen molar-refractivity contribution in [1.29, 1.82) is 0 Å². The van der Waals surface area contributed by atoms with E-state index in [-0.39, 0.29) is 23.8 Å². The third kappa shape index (κ3) is 1.38. The lowest BCUT2D eigenvalue weighted by Gasteiger charge is -2.41. The van der Waals surface area contributed by atoms with E-state index in [9.17, 15) is 9.59 Å². The molecule has 78 valence electrons. The summed E-state index contributed by atoms with van der Waals surface area (Å²) >= 11 is 0. The molecular formula is C10H15NO3. The van der Waals surface area contributed by atoms with Gasteiger partial charge in [0.05, 0.1) is 13.2 Å². The van der Waals surface area contributed by atoms with Crippen LogP contribution in [0.4, 0.5) is 4.79 Å². The number of carbonyl (C=O) groups excluding carboxylic acids is 2. The Labute approximate surface area is 83.2 Å². The van der Waals surface area contributed by atoms with Gasteiger partial charge in [-0.05, 0) is 19.3 Å². The molecule has 1 aliphatic carbocycles. The van der Waals surface area contributed by atoms with Gasteiger partial charge in [-0.1, -0.05) is 6.42 Å². The van der Waals surface area contributed by atoms with Crippen LogP contribution in [0.5, 0.6) is 0 Å². The fourth-order valence-electron chi connectivity index (χ4n) is 1.98. The first-order valence-corrected chi connectivity index (χ1v) is 5.12. The quantitative estimate of drug-likeness (QED) is 0.668. The summed E-state index contributed by atoms with van der Waals surface area (Å²) < 4.78 is 4.60. The third-order valence-electron chi connectivity index (χ3n) is 3.26. The van der Waals surface area contributed by atoms with Crippen LogP contribution >= 0.6 is 0 Å². The highest BCUT2D eigenvalue weighted by Gasteiger charge is 2.42. The minimum absolute atomic E-state index is 0.187. The summed E-state index contributed by atoms with van der Waals surface area (Å²) in [5.41, 5.74) is 0. The molecule has 14 heavy (non-hydrogen) atoms. The second-order valence-corrected chi connectivity index (χ2v) is 4.00. The Kier molecular flexibility index (Phi) is 2.44. The van der Waals surface area contributed by atoms with Crippen molar-refractivity contribution in [3.63, 3.8) is 0 Å². The fraction of sp³-hybridized carbons (Fsp3) is 0.800. The summed E-state index contributed by atoms with van der Waals surface area (Å²) in [6, 6.07) is -0.187. The number of amides is 1. The zero-order valence-corrected chi connectivity index (χ0v) is 8.36. The molecular weight excluding hydrogens is 182 g/mol. The number of carbonyl (C=O) groups is 2. The van der Waals surface area contributed by atoms with Crippen molar-refractivity contribution in [1.82, 2.24) is 4.90 Å². The normalized spacial score (nSPS) is 26.4. The molecule has 0 N–H and O–H groups in total. The third-order valence-corrected chi connectivity index (χ3v) is 3.26. The predicted octanol–water partition coefficient (Wildman–Crippen LogP) is 1.20. The summed E-state index contributed by atoms with van der Waals surface area (Å²) in [6.45, 7) is 0.663. The molecule has 2 fully saturated rings. The van der Waals surface area contributed by atoms with Crippen LogP contribution in [0.2, 0.25) is 0 Å². The largest absolute Gasteiger partial charge is 0.453 e. The molecule has 0 spiro atoms. The van der Waals surface area contributed by atoms with Crippen LogP contribution in [-0.4, -0.2) is 36.5 Å². The van der Waals surface area contributed by atoms with Crippen LogP contribution in [0, 0.1) is 5.92 Å². The van der Waals surface area contributed by atoms with Gasteiger partial charge in [-0.25, -0.2) is 4.79 Å². The number of ketones is 1. The van der Waals surface area contributed by atoms with E-state index in [0.717, 1.165) is 25.7 Å². The Morgan fingerprint density at radius 3 is 2.36 bits per heavy atom. The summed E-state index contributed by atoms with van der Waals surface area (Å²) in [5, 5.41) is 0. The molecule has 4 nitrogen and oxygen atoms in total. The Hall–Kier alpha value is -1.06. The van der Waals surface area contributed by atoms with Crippen LogP contribution in [0.3, 0.4) is 0 Å². The maximum absolute atomic E-state index is 11.8. The summed E-state index contributed by atoms with van der Waals surface area (Å²) in [5.74, 6) is 0.459. The molecule has 1 aliphatic heterocycles. The van der Waals surface area contributed by atoms with Gasteiger partial charge in [0.1, 0.15) is 0 Å². The lowest BCUT2D eigenvalue weighted by Crippen LogP contribution is -2.57. The van der Waals surface area contributed by atoms with Crippen LogP contribution in [0.1, 0.15) is 25.7 Å². The second kappa shape index (κ2) is 3.59. The number of hydrogen-bond acceptors (Lipinski definition) is 3. The minimum Gasteiger partial charge on any atom is -0.453 e. The van der Waals surface area contributed by atoms with E-state index >= 15 is 0 Å². The van der Waals surface area contributed by atoms with E-state index in [0.29, 0.717) is 6.54 Å². The van der Waals surface area contributed by atoms with E-state index in [1.54, 1.807) is 0 Å². The van der Waals surface area contributed by atoms with Crippen molar-refractivity contribution in [3.05, 3.63) is 0 Å². The molecule has 0 aromatic carbocycles. The molecule has 1 saturated carbocycles. The molecule has 1 amide bonds. The number of methoxy groups -OCH3 is 1. The van der Waals surface area contributed by atoms with Gasteiger partial charge in [-0.3, -0.25) is 9.69 Å². The maximum atomic E-state index is 11.8. The lowest BCUT2D eigenvalue weighted by atomic mass is 9.77. The van der Waals surface area contributed by atoms with E-state index in [1.807, 2.05) is 0 Å². The lowest BCUT2D eigenvalue weighted by molar-refractivity contribution is -0.133. The minimum atomic E-state index is -0.367. The number of nitrogens with zero attached hydrogens (tertiary/aromatic N) is 1. The maximum Gasteiger partial charge on any atom is 0.410 e. The van der Waals surface area contributed by atoms with Crippen molar-refractivity contribution >= 4 is 11.9 Å². The Morgan fingerprint density at radius 2 is 2.00 bits per heavy atom. The van der Waals surface area contributed by atoms with Crippen molar-refractivity contribution in [2.24, 2.45) is 5.92 Å². The summed E-state index contributed by atoms with van der Waals surface area (Å²) in [6.07, 6.45) is 3.61. The topological polar surface area (TPSA) is 46.6 Å². The van der Waals surface area contributed by atoms with Gasteiger partial charge in [0.15, 0.2) is 5.78 Å². The first-order valence-electron chi connectivity index (χ1n) is 5.12. The van der Waals surface area contributed by atoms with Crippen molar-refractivity contribution in [2.75, 3.05) is 13.7 Å². The smallest absolute Gasteiger partial charge is 0.410 e. The van der Waals surface area contributed by atoms with Crippen molar-refractivity contribution in [3.8, 4) is 0 Å². The Balaban J connectivity index is 1.91. The van der Waals surface area contributed by atoms with Gasteiger partial charge >= 0.3 is 6.09 Å². The van der Waals surface area contributed by atoms with Gasteiger partial charge in [0.25, 0.3) is 0 Å². The van der Waals surface area contributed by atoms with Gasteiger partial charge in [-0.2, -0.15) is 0 Å². The number of rotatable bonds is 2. The first kappa shape index (κ1) is 9.49. The predicted molar refractivity (Wildman–Crippen MR) is 49.9 cm³/mol. The highest BCUT2D eigenvalue weighted by atomic mass is 16.5. The van der Waals surface area contributed by atoms with Crippen LogP contribution in [-0.2, 0) is 9.53 Å². The van der Waals surface area contributed by atoms with Crippen LogP contribution in [0.25, 0.3) is 0 Å². The number of likely N-dealkylation sites (tertiary alicyclic amines) is 1. The second-order valence-electron chi connectivity index (χ2n) is 4.00. The molecule has 0 radical (unpaired) electrons. The molecule has 0 bridgehead atoms. The van der Waals surface area contributed by atoms with E-state index in [1.165, 1.54) is 12.0 Å². The number of hydrogen-bond donors (Lipinski definition) is 0.